The van der Waals surface area contributed by atoms with Gasteiger partial charge in [-0.3, -0.25) is 4.79 Å². The molecule has 1 aliphatic heterocycles. The number of nitrogens with zero attached hydrogens (tertiary/aromatic N) is 1. The van der Waals surface area contributed by atoms with Crippen LogP contribution in [0, 0.1) is 11.8 Å². The molecule has 1 aromatic carbocycles. The Balaban J connectivity index is 1.82. The number of benzene rings is 1. The molecule has 3 heteroatoms. The SMILES string of the molecule is CC1CCC(C(=O)N2CCCc3c(N)cccc32)CC1. The highest BCUT2D eigenvalue weighted by molar-refractivity contribution is 5.97. The van der Waals surface area contributed by atoms with E-state index >= 15 is 0 Å². The van der Waals surface area contributed by atoms with Crippen LogP contribution < -0.4 is 10.6 Å². The number of anilines is 2. The Bertz CT molecular complexity index is 504. The Kier molecular flexibility index (Phi) is 3.68. The lowest BCUT2D eigenvalue weighted by molar-refractivity contribution is -0.123. The molecule has 1 heterocycles. The van der Waals surface area contributed by atoms with Gasteiger partial charge in [0.1, 0.15) is 0 Å². The van der Waals surface area contributed by atoms with Crippen LogP contribution in [0.5, 0.6) is 0 Å². The minimum atomic E-state index is 0.221. The van der Waals surface area contributed by atoms with Crippen LogP contribution in [0.4, 0.5) is 11.4 Å². The first-order chi connectivity index (χ1) is 9.66. The van der Waals surface area contributed by atoms with Gasteiger partial charge in [0.25, 0.3) is 0 Å². The summed E-state index contributed by atoms with van der Waals surface area (Å²) < 4.78 is 0. The molecule has 0 aromatic heterocycles. The first-order valence-electron chi connectivity index (χ1n) is 7.85. The first kappa shape index (κ1) is 13.5. The molecular formula is C17H24N2O. The lowest BCUT2D eigenvalue weighted by Crippen LogP contribution is -2.40. The summed E-state index contributed by atoms with van der Waals surface area (Å²) in [5.41, 5.74) is 9.11. The molecule has 108 valence electrons. The number of amides is 1. The van der Waals surface area contributed by atoms with Crippen molar-refractivity contribution in [2.24, 2.45) is 11.8 Å². The molecule has 0 radical (unpaired) electrons. The second kappa shape index (κ2) is 5.47. The van der Waals surface area contributed by atoms with E-state index in [9.17, 15) is 4.79 Å². The van der Waals surface area contributed by atoms with E-state index in [1.807, 2.05) is 23.1 Å². The third-order valence-corrected chi connectivity index (χ3v) is 4.92. The van der Waals surface area contributed by atoms with Gasteiger partial charge in [-0.15, -0.1) is 0 Å². The van der Waals surface area contributed by atoms with Gasteiger partial charge in [-0.05, 0) is 62.1 Å². The monoisotopic (exact) mass is 272 g/mol. The molecule has 0 spiro atoms. The van der Waals surface area contributed by atoms with E-state index in [2.05, 4.69) is 6.92 Å². The van der Waals surface area contributed by atoms with Crippen LogP contribution in [0.2, 0.25) is 0 Å². The first-order valence-corrected chi connectivity index (χ1v) is 7.85. The molecule has 2 N–H and O–H groups in total. The Morgan fingerprint density at radius 2 is 2.00 bits per heavy atom. The molecule has 20 heavy (non-hydrogen) atoms. The van der Waals surface area contributed by atoms with Crippen molar-refractivity contribution >= 4 is 17.3 Å². The normalized spacial score (nSPS) is 26.1. The van der Waals surface area contributed by atoms with E-state index in [0.29, 0.717) is 5.91 Å². The summed E-state index contributed by atoms with van der Waals surface area (Å²) in [6.45, 7) is 3.14. The average molecular weight is 272 g/mol. The minimum Gasteiger partial charge on any atom is -0.398 e. The summed E-state index contributed by atoms with van der Waals surface area (Å²) in [5.74, 6) is 1.32. The fourth-order valence-corrected chi connectivity index (χ4v) is 3.61. The Hall–Kier alpha value is -1.51. The Labute approximate surface area is 121 Å². The Morgan fingerprint density at radius 1 is 1.25 bits per heavy atom. The number of hydrogen-bond donors (Lipinski definition) is 1. The molecule has 0 saturated heterocycles. The zero-order chi connectivity index (χ0) is 14.1. The third kappa shape index (κ3) is 2.41. The summed E-state index contributed by atoms with van der Waals surface area (Å²) in [4.78, 5) is 14.8. The zero-order valence-corrected chi connectivity index (χ0v) is 12.3. The van der Waals surface area contributed by atoms with Crippen LogP contribution in [-0.2, 0) is 11.2 Å². The molecular weight excluding hydrogens is 248 g/mol. The largest absolute Gasteiger partial charge is 0.398 e. The molecule has 1 saturated carbocycles. The van der Waals surface area contributed by atoms with Gasteiger partial charge in [0.05, 0.1) is 0 Å². The van der Waals surface area contributed by atoms with E-state index in [1.54, 1.807) is 0 Å². The van der Waals surface area contributed by atoms with Crippen LogP contribution >= 0.6 is 0 Å². The second-order valence-corrected chi connectivity index (χ2v) is 6.40. The fraction of sp³-hybridized carbons (Fsp3) is 0.588. The summed E-state index contributed by atoms with van der Waals surface area (Å²) in [7, 11) is 0. The zero-order valence-electron chi connectivity index (χ0n) is 12.3. The molecule has 0 unspecified atom stereocenters. The van der Waals surface area contributed by atoms with Crippen molar-refractivity contribution in [1.82, 2.24) is 0 Å². The Morgan fingerprint density at radius 3 is 2.75 bits per heavy atom. The van der Waals surface area contributed by atoms with Crippen molar-refractivity contribution in [3.05, 3.63) is 23.8 Å². The maximum atomic E-state index is 12.8. The maximum absolute atomic E-state index is 12.8. The van der Waals surface area contributed by atoms with E-state index in [0.717, 1.165) is 55.1 Å². The van der Waals surface area contributed by atoms with Crippen LogP contribution in [0.3, 0.4) is 0 Å². The molecule has 3 rings (SSSR count). The van der Waals surface area contributed by atoms with Crippen molar-refractivity contribution < 1.29 is 4.79 Å². The molecule has 1 fully saturated rings. The highest BCUT2D eigenvalue weighted by Gasteiger charge is 2.31. The van der Waals surface area contributed by atoms with E-state index in [4.69, 9.17) is 5.73 Å². The smallest absolute Gasteiger partial charge is 0.230 e. The van der Waals surface area contributed by atoms with Gasteiger partial charge in [-0.25, -0.2) is 0 Å². The van der Waals surface area contributed by atoms with Gasteiger partial charge in [0.15, 0.2) is 0 Å². The molecule has 0 bridgehead atoms. The van der Waals surface area contributed by atoms with Crippen molar-refractivity contribution in [3.8, 4) is 0 Å². The van der Waals surface area contributed by atoms with Gasteiger partial charge < -0.3 is 10.6 Å². The predicted molar refractivity (Wildman–Crippen MR) is 82.7 cm³/mol. The number of carbonyl (C=O) groups is 1. The second-order valence-electron chi connectivity index (χ2n) is 6.40. The predicted octanol–water partition coefficient (Wildman–Crippen LogP) is 3.37. The number of fused-ring (bicyclic) bond motifs is 1. The van der Waals surface area contributed by atoms with Crippen LogP contribution in [0.25, 0.3) is 0 Å². The highest BCUT2D eigenvalue weighted by Crippen LogP contribution is 2.35. The lowest BCUT2D eigenvalue weighted by Gasteiger charge is -2.35. The van der Waals surface area contributed by atoms with E-state index < -0.39 is 0 Å². The molecule has 3 nitrogen and oxygen atoms in total. The van der Waals surface area contributed by atoms with Crippen LogP contribution in [0.15, 0.2) is 18.2 Å². The molecule has 1 aromatic rings. The number of nitrogens with two attached hydrogens (primary N) is 1. The number of rotatable bonds is 1. The molecule has 0 atom stereocenters. The molecule has 2 aliphatic rings. The van der Waals surface area contributed by atoms with Crippen molar-refractivity contribution in [2.45, 2.75) is 45.4 Å². The number of hydrogen-bond acceptors (Lipinski definition) is 2. The van der Waals surface area contributed by atoms with E-state index in [-0.39, 0.29) is 5.92 Å². The lowest BCUT2D eigenvalue weighted by atomic mass is 9.82. The van der Waals surface area contributed by atoms with Gasteiger partial charge >= 0.3 is 0 Å². The summed E-state index contributed by atoms with van der Waals surface area (Å²) in [6.07, 6.45) is 6.49. The highest BCUT2D eigenvalue weighted by atomic mass is 16.2. The average Bonchev–Trinajstić information content (AvgIpc) is 2.47. The van der Waals surface area contributed by atoms with Crippen LogP contribution in [0.1, 0.15) is 44.6 Å². The molecule has 1 amide bonds. The standard InChI is InChI=1S/C17H24N2O/c1-12-7-9-13(10-8-12)17(20)19-11-3-4-14-15(18)5-2-6-16(14)19/h2,5-6,12-13H,3-4,7-11,18H2,1H3. The minimum absolute atomic E-state index is 0.221. The number of nitrogen functional groups attached to an aromatic ring is 1. The molecule has 1 aliphatic carbocycles. The third-order valence-electron chi connectivity index (χ3n) is 4.92. The van der Waals surface area contributed by atoms with Crippen molar-refractivity contribution in [3.63, 3.8) is 0 Å². The topological polar surface area (TPSA) is 46.3 Å². The van der Waals surface area contributed by atoms with Crippen LogP contribution in [-0.4, -0.2) is 12.5 Å². The van der Waals surface area contributed by atoms with Crippen molar-refractivity contribution in [2.75, 3.05) is 17.2 Å². The van der Waals surface area contributed by atoms with Gasteiger partial charge in [0.2, 0.25) is 5.91 Å². The van der Waals surface area contributed by atoms with Gasteiger partial charge in [0, 0.05) is 23.8 Å². The van der Waals surface area contributed by atoms with E-state index in [1.165, 1.54) is 12.8 Å². The summed E-state index contributed by atoms with van der Waals surface area (Å²) in [5, 5.41) is 0. The quantitative estimate of drug-likeness (QED) is 0.797. The van der Waals surface area contributed by atoms with Crippen molar-refractivity contribution in [1.29, 1.82) is 0 Å². The maximum Gasteiger partial charge on any atom is 0.230 e. The van der Waals surface area contributed by atoms with Gasteiger partial charge in [-0.1, -0.05) is 13.0 Å². The summed E-state index contributed by atoms with van der Waals surface area (Å²) >= 11 is 0. The van der Waals surface area contributed by atoms with Gasteiger partial charge in [-0.2, -0.15) is 0 Å². The fourth-order valence-electron chi connectivity index (χ4n) is 3.61. The summed E-state index contributed by atoms with van der Waals surface area (Å²) in [6, 6.07) is 5.95. The number of carbonyl (C=O) groups excluding carboxylic acids is 1.